The molecular weight excluding hydrogens is 267 g/mol. The minimum atomic E-state index is -0.0410. The van der Waals surface area contributed by atoms with Crippen molar-refractivity contribution >= 4 is 23.2 Å². The fourth-order valence-corrected chi connectivity index (χ4v) is 2.71. The van der Waals surface area contributed by atoms with E-state index in [0.29, 0.717) is 16.6 Å². The summed E-state index contributed by atoms with van der Waals surface area (Å²) in [5.41, 5.74) is 7.10. The summed E-state index contributed by atoms with van der Waals surface area (Å²) in [7, 11) is 0. The van der Waals surface area contributed by atoms with Crippen molar-refractivity contribution in [2.45, 2.75) is 32.7 Å². The fraction of sp³-hybridized carbons (Fsp3) is 0.571. The number of halogens is 2. The van der Waals surface area contributed by atoms with Crippen molar-refractivity contribution < 1.29 is 0 Å². The molecule has 0 amide bonds. The maximum Gasteiger partial charge on any atom is 0.0595 e. The summed E-state index contributed by atoms with van der Waals surface area (Å²) >= 11 is 12.0. The maximum absolute atomic E-state index is 6.06. The highest BCUT2D eigenvalue weighted by Gasteiger charge is 2.28. The minimum Gasteiger partial charge on any atom is -0.329 e. The van der Waals surface area contributed by atoms with Gasteiger partial charge in [0, 0.05) is 12.1 Å². The van der Waals surface area contributed by atoms with Crippen LogP contribution >= 0.6 is 23.2 Å². The zero-order valence-corrected chi connectivity index (χ0v) is 12.9. The standard InChI is InChI=1S/C14H22Cl2N2/c1-4-18(5-2)14(3,10-17)9-11-6-7-12(15)13(16)8-11/h6-8H,4-5,9-10,17H2,1-3H3. The van der Waals surface area contributed by atoms with Crippen molar-refractivity contribution in [3.8, 4) is 0 Å². The van der Waals surface area contributed by atoms with E-state index < -0.39 is 0 Å². The minimum absolute atomic E-state index is 0.0410. The van der Waals surface area contributed by atoms with Gasteiger partial charge in [-0.15, -0.1) is 0 Å². The summed E-state index contributed by atoms with van der Waals surface area (Å²) in [6.07, 6.45) is 0.877. The van der Waals surface area contributed by atoms with E-state index in [4.69, 9.17) is 28.9 Å². The molecule has 0 saturated carbocycles. The van der Waals surface area contributed by atoms with Crippen LogP contribution in [-0.4, -0.2) is 30.1 Å². The van der Waals surface area contributed by atoms with Gasteiger partial charge in [0.1, 0.15) is 0 Å². The van der Waals surface area contributed by atoms with Crippen molar-refractivity contribution in [2.24, 2.45) is 5.73 Å². The van der Waals surface area contributed by atoms with Gasteiger partial charge in [0.15, 0.2) is 0 Å². The summed E-state index contributed by atoms with van der Waals surface area (Å²) < 4.78 is 0. The third-order valence-corrected chi connectivity index (χ3v) is 4.27. The second-order valence-corrected chi connectivity index (χ2v) is 5.61. The van der Waals surface area contributed by atoms with Crippen LogP contribution in [-0.2, 0) is 6.42 Å². The number of hydrogen-bond acceptors (Lipinski definition) is 2. The van der Waals surface area contributed by atoms with Gasteiger partial charge in [-0.05, 0) is 44.1 Å². The van der Waals surface area contributed by atoms with Gasteiger partial charge in [0.05, 0.1) is 10.0 Å². The van der Waals surface area contributed by atoms with Crippen molar-refractivity contribution in [1.82, 2.24) is 4.90 Å². The monoisotopic (exact) mass is 288 g/mol. The zero-order valence-electron chi connectivity index (χ0n) is 11.3. The van der Waals surface area contributed by atoms with Gasteiger partial charge in [-0.25, -0.2) is 0 Å². The lowest BCUT2D eigenvalue weighted by atomic mass is 9.91. The lowest BCUT2D eigenvalue weighted by molar-refractivity contribution is 0.124. The Balaban J connectivity index is 2.94. The van der Waals surface area contributed by atoms with Gasteiger partial charge in [-0.2, -0.15) is 0 Å². The zero-order chi connectivity index (χ0) is 13.8. The smallest absolute Gasteiger partial charge is 0.0595 e. The molecule has 0 aliphatic heterocycles. The predicted octanol–water partition coefficient (Wildman–Crippen LogP) is 3.60. The molecule has 0 aliphatic carbocycles. The van der Waals surface area contributed by atoms with E-state index in [1.54, 1.807) is 0 Å². The molecule has 102 valence electrons. The fourth-order valence-electron chi connectivity index (χ4n) is 2.39. The Morgan fingerprint density at radius 2 is 1.78 bits per heavy atom. The van der Waals surface area contributed by atoms with Crippen molar-refractivity contribution in [3.05, 3.63) is 33.8 Å². The highest BCUT2D eigenvalue weighted by molar-refractivity contribution is 6.42. The number of benzene rings is 1. The van der Waals surface area contributed by atoms with E-state index in [0.717, 1.165) is 19.5 Å². The number of likely N-dealkylation sites (N-methyl/N-ethyl adjacent to an activating group) is 1. The van der Waals surface area contributed by atoms with E-state index in [-0.39, 0.29) is 5.54 Å². The molecule has 0 radical (unpaired) electrons. The average molecular weight is 289 g/mol. The normalized spacial score (nSPS) is 14.8. The molecule has 0 fully saturated rings. The van der Waals surface area contributed by atoms with E-state index in [2.05, 4.69) is 25.7 Å². The molecule has 1 rings (SSSR count). The van der Waals surface area contributed by atoms with Gasteiger partial charge in [-0.1, -0.05) is 43.1 Å². The second-order valence-electron chi connectivity index (χ2n) is 4.80. The van der Waals surface area contributed by atoms with E-state index in [1.165, 1.54) is 5.56 Å². The first kappa shape index (κ1) is 15.8. The molecule has 2 N–H and O–H groups in total. The maximum atomic E-state index is 6.06. The van der Waals surface area contributed by atoms with Crippen LogP contribution in [0.1, 0.15) is 26.3 Å². The molecule has 0 aliphatic rings. The van der Waals surface area contributed by atoms with Crippen molar-refractivity contribution in [1.29, 1.82) is 0 Å². The van der Waals surface area contributed by atoms with Gasteiger partial charge < -0.3 is 5.73 Å². The Morgan fingerprint density at radius 1 is 1.17 bits per heavy atom. The number of hydrogen-bond donors (Lipinski definition) is 1. The molecule has 4 heteroatoms. The lowest BCUT2D eigenvalue weighted by Gasteiger charge is -2.39. The highest BCUT2D eigenvalue weighted by Crippen LogP contribution is 2.26. The van der Waals surface area contributed by atoms with Crippen LogP contribution < -0.4 is 5.73 Å². The summed E-state index contributed by atoms with van der Waals surface area (Å²) in [6, 6.07) is 5.80. The van der Waals surface area contributed by atoms with Crippen LogP contribution in [0.5, 0.6) is 0 Å². The molecule has 2 nitrogen and oxygen atoms in total. The van der Waals surface area contributed by atoms with Crippen LogP contribution in [0.3, 0.4) is 0 Å². The molecule has 1 atom stereocenters. The Morgan fingerprint density at radius 3 is 2.22 bits per heavy atom. The van der Waals surface area contributed by atoms with Gasteiger partial charge >= 0.3 is 0 Å². The molecule has 1 unspecified atom stereocenters. The van der Waals surface area contributed by atoms with Gasteiger partial charge in [0.25, 0.3) is 0 Å². The molecule has 1 aromatic rings. The first-order valence-corrected chi connectivity index (χ1v) is 7.11. The average Bonchev–Trinajstić information content (AvgIpc) is 2.35. The molecule has 0 bridgehead atoms. The summed E-state index contributed by atoms with van der Waals surface area (Å²) in [5.74, 6) is 0. The Hall–Kier alpha value is -0.280. The van der Waals surface area contributed by atoms with E-state index >= 15 is 0 Å². The molecule has 18 heavy (non-hydrogen) atoms. The topological polar surface area (TPSA) is 29.3 Å². The number of rotatable bonds is 6. The van der Waals surface area contributed by atoms with Crippen molar-refractivity contribution in [3.63, 3.8) is 0 Å². The van der Waals surface area contributed by atoms with Crippen LogP contribution in [0, 0.1) is 0 Å². The Kier molecular flexibility index (Phi) is 5.93. The number of nitrogens with two attached hydrogens (primary N) is 1. The summed E-state index contributed by atoms with van der Waals surface area (Å²) in [5, 5.41) is 1.20. The summed E-state index contributed by atoms with van der Waals surface area (Å²) in [6.45, 7) is 9.12. The third kappa shape index (κ3) is 3.61. The SMILES string of the molecule is CCN(CC)C(C)(CN)Cc1ccc(Cl)c(Cl)c1. The lowest BCUT2D eigenvalue weighted by Crippen LogP contribution is -2.53. The Labute approximate surface area is 120 Å². The quantitative estimate of drug-likeness (QED) is 0.867. The Bertz CT molecular complexity index is 391. The number of nitrogens with zero attached hydrogens (tertiary/aromatic N) is 1. The van der Waals surface area contributed by atoms with E-state index in [1.807, 2.05) is 18.2 Å². The summed E-state index contributed by atoms with van der Waals surface area (Å²) in [4.78, 5) is 2.38. The first-order chi connectivity index (χ1) is 8.46. The molecule has 0 saturated heterocycles. The molecule has 1 aromatic carbocycles. The van der Waals surface area contributed by atoms with Crippen LogP contribution in [0.2, 0.25) is 10.0 Å². The van der Waals surface area contributed by atoms with E-state index in [9.17, 15) is 0 Å². The second kappa shape index (κ2) is 6.76. The highest BCUT2D eigenvalue weighted by atomic mass is 35.5. The van der Waals surface area contributed by atoms with Crippen LogP contribution in [0.4, 0.5) is 0 Å². The molecule has 0 spiro atoms. The van der Waals surface area contributed by atoms with Crippen LogP contribution in [0.25, 0.3) is 0 Å². The third-order valence-electron chi connectivity index (χ3n) is 3.54. The van der Waals surface area contributed by atoms with Crippen molar-refractivity contribution in [2.75, 3.05) is 19.6 Å². The predicted molar refractivity (Wildman–Crippen MR) is 80.5 cm³/mol. The first-order valence-electron chi connectivity index (χ1n) is 6.36. The molecule has 0 heterocycles. The molecular formula is C14H22Cl2N2. The van der Waals surface area contributed by atoms with Gasteiger partial charge in [-0.3, -0.25) is 4.90 Å². The van der Waals surface area contributed by atoms with Crippen LogP contribution in [0.15, 0.2) is 18.2 Å². The van der Waals surface area contributed by atoms with Gasteiger partial charge in [0.2, 0.25) is 0 Å². The molecule has 0 aromatic heterocycles. The largest absolute Gasteiger partial charge is 0.329 e.